The summed E-state index contributed by atoms with van der Waals surface area (Å²) in [4.78, 5) is 26.4. The first-order chi connectivity index (χ1) is 20.1. The lowest BCUT2D eigenvalue weighted by Crippen LogP contribution is -2.33. The molecule has 0 bridgehead atoms. The molecule has 0 saturated carbocycles. The van der Waals surface area contributed by atoms with Crippen molar-refractivity contribution < 1.29 is 40.4 Å². The molecule has 2 aromatic carbocycles. The quantitative estimate of drug-likeness (QED) is 0.128. The SMILES string of the molecule is C/C(CN1C=CN(C(=O)c2cc(C(F)(F)F)cc(C(F)(F)F)c2)C(Cc2c[nH]c3ccc(F)cc23)=C1)=N\OCCN(C)C. The van der Waals surface area contributed by atoms with Crippen molar-refractivity contribution in [2.45, 2.75) is 25.7 Å². The van der Waals surface area contributed by atoms with E-state index in [0.717, 1.165) is 4.90 Å². The number of likely N-dealkylation sites (N-methyl/N-ethyl adjacent to an activating group) is 1. The van der Waals surface area contributed by atoms with Crippen molar-refractivity contribution in [2.75, 3.05) is 33.8 Å². The molecule has 1 amide bonds. The summed E-state index contributed by atoms with van der Waals surface area (Å²) < 4.78 is 95.0. The van der Waals surface area contributed by atoms with Crippen LogP contribution in [0, 0.1) is 5.82 Å². The van der Waals surface area contributed by atoms with E-state index < -0.39 is 40.8 Å². The van der Waals surface area contributed by atoms with Crippen LogP contribution in [0.25, 0.3) is 10.9 Å². The van der Waals surface area contributed by atoms with Gasteiger partial charge in [0.2, 0.25) is 0 Å². The van der Waals surface area contributed by atoms with Crippen LogP contribution in [-0.2, 0) is 23.6 Å². The number of H-pyrrole nitrogens is 1. The maximum atomic E-state index is 14.0. The highest BCUT2D eigenvalue weighted by molar-refractivity contribution is 5.97. The molecule has 3 aromatic rings. The van der Waals surface area contributed by atoms with Gasteiger partial charge in [-0.25, -0.2) is 4.39 Å². The first-order valence-corrected chi connectivity index (χ1v) is 13.0. The number of benzene rings is 2. The Bertz CT molecular complexity index is 1540. The minimum atomic E-state index is -5.12. The molecule has 7 nitrogen and oxygen atoms in total. The Labute approximate surface area is 242 Å². The van der Waals surface area contributed by atoms with Crippen LogP contribution >= 0.6 is 0 Å². The molecule has 0 spiro atoms. The van der Waals surface area contributed by atoms with E-state index >= 15 is 0 Å². The van der Waals surface area contributed by atoms with Crippen LogP contribution in [0.15, 0.2) is 72.0 Å². The smallest absolute Gasteiger partial charge is 0.394 e. The molecular formula is C29H28F7N5O2. The molecule has 0 aliphatic carbocycles. The summed E-state index contributed by atoms with van der Waals surface area (Å²) in [6.07, 6.45) is -4.46. The van der Waals surface area contributed by atoms with Crippen molar-refractivity contribution in [3.05, 3.63) is 95.0 Å². The van der Waals surface area contributed by atoms with Crippen LogP contribution < -0.4 is 0 Å². The van der Waals surface area contributed by atoms with Crippen molar-refractivity contribution >= 4 is 22.5 Å². The second kappa shape index (κ2) is 12.5. The molecule has 0 fully saturated rings. The number of oxime groups is 1. The topological polar surface area (TPSA) is 64.2 Å². The number of allylic oxidation sites excluding steroid dienone is 1. The predicted octanol–water partition coefficient (Wildman–Crippen LogP) is 6.61. The number of alkyl halides is 6. The summed E-state index contributed by atoms with van der Waals surface area (Å²) in [5.74, 6) is -1.62. The molecule has 1 aliphatic rings. The maximum Gasteiger partial charge on any atom is 0.416 e. The summed E-state index contributed by atoms with van der Waals surface area (Å²) in [5, 5.41) is 4.55. The Balaban J connectivity index is 1.69. The standard InChI is InChI=1S/C29H28F7N5O2/c1-18(38-43-9-8-39(2)3)16-40-6-7-41(24(17-40)12-20-15-37-26-5-4-23(30)14-25(20)26)27(42)19-10-21(28(31,32)33)13-22(11-19)29(34,35)36/h4-7,10-11,13-15,17,37H,8-9,12,16H2,1-3H3/b38-18+. The number of halogens is 7. The Morgan fingerprint density at radius 3 is 2.30 bits per heavy atom. The monoisotopic (exact) mass is 611 g/mol. The first-order valence-electron chi connectivity index (χ1n) is 13.0. The molecular weight excluding hydrogens is 583 g/mol. The van der Waals surface area contributed by atoms with Gasteiger partial charge in [0, 0.05) is 59.9 Å². The fourth-order valence-corrected chi connectivity index (χ4v) is 4.35. The van der Waals surface area contributed by atoms with Gasteiger partial charge in [-0.15, -0.1) is 0 Å². The number of hydrogen-bond acceptors (Lipinski definition) is 5. The molecule has 1 aromatic heterocycles. The third-order valence-corrected chi connectivity index (χ3v) is 6.45. The van der Waals surface area contributed by atoms with Crippen LogP contribution in [0.1, 0.15) is 34.0 Å². The molecule has 0 saturated heterocycles. The van der Waals surface area contributed by atoms with Crippen molar-refractivity contribution in [1.29, 1.82) is 0 Å². The van der Waals surface area contributed by atoms with Gasteiger partial charge in [-0.05, 0) is 63.0 Å². The molecule has 230 valence electrons. The van der Waals surface area contributed by atoms with Crippen molar-refractivity contribution in [2.24, 2.45) is 5.16 Å². The number of hydrogen-bond donors (Lipinski definition) is 1. The fraction of sp³-hybridized carbons (Fsp3) is 0.310. The van der Waals surface area contributed by atoms with Gasteiger partial charge in [0.05, 0.1) is 23.4 Å². The lowest BCUT2D eigenvalue weighted by atomic mass is 10.0. The number of aromatic nitrogens is 1. The van der Waals surface area contributed by atoms with Crippen LogP contribution in [0.5, 0.6) is 0 Å². The number of fused-ring (bicyclic) bond motifs is 1. The Morgan fingerprint density at radius 2 is 1.67 bits per heavy atom. The fourth-order valence-electron chi connectivity index (χ4n) is 4.35. The number of carbonyl (C=O) groups excluding carboxylic acids is 1. The van der Waals surface area contributed by atoms with Gasteiger partial charge in [0.15, 0.2) is 0 Å². The van der Waals surface area contributed by atoms with Crippen molar-refractivity contribution in [1.82, 2.24) is 19.7 Å². The summed E-state index contributed by atoms with van der Waals surface area (Å²) >= 11 is 0. The molecule has 43 heavy (non-hydrogen) atoms. The number of nitrogens with one attached hydrogen (secondary N) is 1. The number of amides is 1. The van der Waals surface area contributed by atoms with Crippen LogP contribution in [0.3, 0.4) is 0 Å². The highest BCUT2D eigenvalue weighted by Gasteiger charge is 2.38. The minimum Gasteiger partial charge on any atom is -0.394 e. The van der Waals surface area contributed by atoms with Gasteiger partial charge in [-0.1, -0.05) is 5.16 Å². The molecule has 0 atom stereocenters. The second-order valence-corrected chi connectivity index (χ2v) is 10.2. The average Bonchev–Trinajstić information content (AvgIpc) is 3.31. The van der Waals surface area contributed by atoms with E-state index in [0.29, 0.717) is 47.5 Å². The van der Waals surface area contributed by atoms with E-state index in [-0.39, 0.29) is 24.7 Å². The first kappa shape index (κ1) is 31.6. The summed E-state index contributed by atoms with van der Waals surface area (Å²) in [6.45, 7) is 2.89. The van der Waals surface area contributed by atoms with Crippen LogP contribution in [-0.4, -0.2) is 65.1 Å². The molecule has 2 heterocycles. The molecule has 1 N–H and O–H groups in total. The minimum absolute atomic E-state index is 0.0172. The number of carbonyl (C=O) groups is 1. The van der Waals surface area contributed by atoms with Gasteiger partial charge in [-0.2, -0.15) is 26.3 Å². The Kier molecular flexibility index (Phi) is 9.18. The van der Waals surface area contributed by atoms with Gasteiger partial charge in [0.1, 0.15) is 12.4 Å². The molecule has 14 heteroatoms. The van der Waals surface area contributed by atoms with E-state index in [1.165, 1.54) is 36.8 Å². The number of rotatable bonds is 9. The summed E-state index contributed by atoms with van der Waals surface area (Å²) in [5.41, 5.74) is -2.09. The van der Waals surface area contributed by atoms with Crippen molar-refractivity contribution in [3.8, 4) is 0 Å². The lowest BCUT2D eigenvalue weighted by Gasteiger charge is -2.30. The van der Waals surface area contributed by atoms with Crippen molar-refractivity contribution in [3.63, 3.8) is 0 Å². The lowest BCUT2D eigenvalue weighted by molar-refractivity contribution is -0.143. The molecule has 4 rings (SSSR count). The normalized spacial score (nSPS) is 14.6. The van der Waals surface area contributed by atoms with Gasteiger partial charge in [-0.3, -0.25) is 9.69 Å². The predicted molar refractivity (Wildman–Crippen MR) is 146 cm³/mol. The highest BCUT2D eigenvalue weighted by Crippen LogP contribution is 2.37. The van der Waals surface area contributed by atoms with E-state index in [4.69, 9.17) is 4.84 Å². The zero-order chi connectivity index (χ0) is 31.5. The maximum absolute atomic E-state index is 14.0. The van der Waals surface area contributed by atoms with E-state index in [1.807, 2.05) is 19.0 Å². The van der Waals surface area contributed by atoms with Crippen LogP contribution in [0.4, 0.5) is 30.7 Å². The third-order valence-electron chi connectivity index (χ3n) is 6.45. The summed E-state index contributed by atoms with van der Waals surface area (Å²) in [7, 11) is 3.76. The number of aromatic amines is 1. The van der Waals surface area contributed by atoms with E-state index in [2.05, 4.69) is 10.1 Å². The van der Waals surface area contributed by atoms with E-state index in [9.17, 15) is 35.5 Å². The van der Waals surface area contributed by atoms with Gasteiger partial charge >= 0.3 is 12.4 Å². The Hall–Kier alpha value is -4.33. The zero-order valence-electron chi connectivity index (χ0n) is 23.4. The van der Waals surface area contributed by atoms with E-state index in [1.54, 1.807) is 18.0 Å². The Morgan fingerprint density at radius 1 is 1.00 bits per heavy atom. The van der Waals surface area contributed by atoms with Gasteiger partial charge in [0.25, 0.3) is 5.91 Å². The molecule has 1 aliphatic heterocycles. The highest BCUT2D eigenvalue weighted by atomic mass is 19.4. The third kappa shape index (κ3) is 7.95. The average molecular weight is 612 g/mol. The summed E-state index contributed by atoms with van der Waals surface area (Å²) in [6, 6.07) is 4.81. The largest absolute Gasteiger partial charge is 0.416 e. The van der Waals surface area contributed by atoms with Gasteiger partial charge < -0.3 is 19.6 Å². The van der Waals surface area contributed by atoms with Crippen LogP contribution in [0.2, 0.25) is 0 Å². The molecule has 0 unspecified atom stereocenters. The molecule has 0 radical (unpaired) electrons. The number of nitrogens with zero attached hydrogens (tertiary/aromatic N) is 4. The zero-order valence-corrected chi connectivity index (χ0v) is 23.4. The second-order valence-electron chi connectivity index (χ2n) is 10.2.